The Hall–Kier alpha value is -2.24. The standard InChI is InChI=1S/C16H24N2O4/c1-7-22-15(20)17-12-9-11(21-6)8-10(2)13(12)18-14(19)16(3,4)5/h8-9H,7H2,1-6H3,(H,17,20)(H,18,19). The van der Waals surface area contributed by atoms with Crippen LogP contribution in [0.4, 0.5) is 16.2 Å². The summed E-state index contributed by atoms with van der Waals surface area (Å²) in [7, 11) is 1.54. The van der Waals surface area contributed by atoms with Crippen molar-refractivity contribution in [3.63, 3.8) is 0 Å². The van der Waals surface area contributed by atoms with Gasteiger partial charge in [-0.15, -0.1) is 0 Å². The summed E-state index contributed by atoms with van der Waals surface area (Å²) in [5, 5.41) is 5.48. The highest BCUT2D eigenvalue weighted by atomic mass is 16.5. The minimum absolute atomic E-state index is 0.146. The fourth-order valence-electron chi connectivity index (χ4n) is 1.71. The molecule has 0 aromatic heterocycles. The molecule has 0 unspecified atom stereocenters. The lowest BCUT2D eigenvalue weighted by Gasteiger charge is -2.21. The van der Waals surface area contributed by atoms with Gasteiger partial charge in [0.2, 0.25) is 5.91 Å². The van der Waals surface area contributed by atoms with Crippen molar-refractivity contribution in [3.05, 3.63) is 17.7 Å². The maximum Gasteiger partial charge on any atom is 0.411 e. The number of benzene rings is 1. The van der Waals surface area contributed by atoms with Crippen LogP contribution in [0, 0.1) is 12.3 Å². The summed E-state index contributed by atoms with van der Waals surface area (Å²) >= 11 is 0. The van der Waals surface area contributed by atoms with Crippen LogP contribution in [0.15, 0.2) is 12.1 Å². The molecule has 0 fully saturated rings. The van der Waals surface area contributed by atoms with E-state index in [1.165, 1.54) is 7.11 Å². The minimum atomic E-state index is -0.582. The molecule has 0 bridgehead atoms. The van der Waals surface area contributed by atoms with E-state index in [4.69, 9.17) is 9.47 Å². The van der Waals surface area contributed by atoms with Crippen molar-refractivity contribution in [2.75, 3.05) is 24.4 Å². The summed E-state index contributed by atoms with van der Waals surface area (Å²) in [4.78, 5) is 23.9. The van der Waals surface area contributed by atoms with E-state index >= 15 is 0 Å². The first-order valence-electron chi connectivity index (χ1n) is 7.13. The van der Waals surface area contributed by atoms with Gasteiger partial charge in [-0.25, -0.2) is 4.79 Å². The van der Waals surface area contributed by atoms with E-state index in [9.17, 15) is 9.59 Å². The zero-order valence-electron chi connectivity index (χ0n) is 14.0. The molecule has 0 saturated carbocycles. The Labute approximate surface area is 131 Å². The summed E-state index contributed by atoms with van der Waals surface area (Å²) in [6.07, 6.45) is -0.582. The molecule has 6 heteroatoms. The Morgan fingerprint density at radius 2 is 1.82 bits per heavy atom. The smallest absolute Gasteiger partial charge is 0.411 e. The number of carbonyl (C=O) groups is 2. The quantitative estimate of drug-likeness (QED) is 0.891. The Kier molecular flexibility index (Phi) is 5.79. The third kappa shape index (κ3) is 4.65. The van der Waals surface area contributed by atoms with Gasteiger partial charge < -0.3 is 14.8 Å². The molecule has 6 nitrogen and oxygen atoms in total. The minimum Gasteiger partial charge on any atom is -0.497 e. The molecule has 22 heavy (non-hydrogen) atoms. The zero-order chi connectivity index (χ0) is 16.9. The first kappa shape index (κ1) is 17.8. The number of methoxy groups -OCH3 is 1. The van der Waals surface area contributed by atoms with Crippen LogP contribution in [0.5, 0.6) is 5.75 Å². The topological polar surface area (TPSA) is 76.7 Å². The summed E-state index contributed by atoms with van der Waals surface area (Å²) < 4.78 is 10.1. The van der Waals surface area contributed by atoms with Crippen LogP contribution in [-0.2, 0) is 9.53 Å². The number of anilines is 2. The normalized spacial score (nSPS) is 10.8. The van der Waals surface area contributed by atoms with Gasteiger partial charge in [0.25, 0.3) is 0 Å². The number of ether oxygens (including phenoxy) is 2. The van der Waals surface area contributed by atoms with Gasteiger partial charge in [-0.05, 0) is 25.5 Å². The van der Waals surface area contributed by atoms with Gasteiger partial charge in [0.1, 0.15) is 5.75 Å². The molecule has 0 radical (unpaired) electrons. The van der Waals surface area contributed by atoms with E-state index in [2.05, 4.69) is 10.6 Å². The van der Waals surface area contributed by atoms with Crippen molar-refractivity contribution in [1.29, 1.82) is 0 Å². The predicted octanol–water partition coefficient (Wildman–Crippen LogP) is 3.56. The first-order valence-corrected chi connectivity index (χ1v) is 7.13. The first-order chi connectivity index (χ1) is 10.2. The van der Waals surface area contributed by atoms with Crippen molar-refractivity contribution in [3.8, 4) is 5.75 Å². The summed E-state index contributed by atoms with van der Waals surface area (Å²) in [6.45, 7) is 9.27. The molecule has 1 aromatic rings. The van der Waals surface area contributed by atoms with E-state index in [0.717, 1.165) is 5.56 Å². The van der Waals surface area contributed by atoms with Gasteiger partial charge >= 0.3 is 6.09 Å². The summed E-state index contributed by atoms with van der Waals surface area (Å²) in [5.74, 6) is 0.436. The molecule has 0 atom stereocenters. The molecule has 0 heterocycles. The Morgan fingerprint density at radius 1 is 1.18 bits per heavy atom. The van der Waals surface area contributed by atoms with Crippen LogP contribution >= 0.6 is 0 Å². The maximum absolute atomic E-state index is 12.2. The lowest BCUT2D eigenvalue weighted by molar-refractivity contribution is -0.123. The van der Waals surface area contributed by atoms with E-state index in [1.54, 1.807) is 19.1 Å². The molecule has 0 aliphatic carbocycles. The Bertz CT molecular complexity index is 562. The third-order valence-electron chi connectivity index (χ3n) is 2.98. The largest absolute Gasteiger partial charge is 0.497 e. The number of aryl methyl sites for hydroxylation is 1. The molecule has 1 aromatic carbocycles. The Morgan fingerprint density at radius 3 is 2.32 bits per heavy atom. The van der Waals surface area contributed by atoms with E-state index in [-0.39, 0.29) is 12.5 Å². The fourth-order valence-corrected chi connectivity index (χ4v) is 1.71. The monoisotopic (exact) mass is 308 g/mol. The van der Waals surface area contributed by atoms with Gasteiger partial charge in [-0.2, -0.15) is 0 Å². The molecule has 0 aliphatic rings. The van der Waals surface area contributed by atoms with E-state index in [0.29, 0.717) is 17.1 Å². The molecule has 122 valence electrons. The van der Waals surface area contributed by atoms with Crippen molar-refractivity contribution in [2.24, 2.45) is 5.41 Å². The Balaban J connectivity index is 3.18. The van der Waals surface area contributed by atoms with Crippen molar-refractivity contribution >= 4 is 23.4 Å². The van der Waals surface area contributed by atoms with E-state index in [1.807, 2.05) is 27.7 Å². The number of rotatable bonds is 4. The average Bonchev–Trinajstić information content (AvgIpc) is 2.41. The third-order valence-corrected chi connectivity index (χ3v) is 2.98. The van der Waals surface area contributed by atoms with E-state index < -0.39 is 11.5 Å². The average molecular weight is 308 g/mol. The van der Waals surface area contributed by atoms with Crippen LogP contribution in [-0.4, -0.2) is 25.7 Å². The second-order valence-electron chi connectivity index (χ2n) is 5.92. The van der Waals surface area contributed by atoms with Gasteiger partial charge in [-0.3, -0.25) is 10.1 Å². The molecule has 0 spiro atoms. The van der Waals surface area contributed by atoms with Crippen LogP contribution in [0.1, 0.15) is 33.3 Å². The van der Waals surface area contributed by atoms with Crippen LogP contribution in [0.2, 0.25) is 0 Å². The number of hydrogen-bond acceptors (Lipinski definition) is 4. The molecule has 1 rings (SSSR count). The molecule has 2 N–H and O–H groups in total. The zero-order valence-corrected chi connectivity index (χ0v) is 14.0. The number of carbonyl (C=O) groups excluding carboxylic acids is 2. The van der Waals surface area contributed by atoms with Crippen LogP contribution < -0.4 is 15.4 Å². The van der Waals surface area contributed by atoms with Crippen molar-refractivity contribution < 1.29 is 19.1 Å². The maximum atomic E-state index is 12.2. The lowest BCUT2D eigenvalue weighted by Crippen LogP contribution is -2.28. The number of hydrogen-bond donors (Lipinski definition) is 2. The van der Waals surface area contributed by atoms with Gasteiger partial charge in [0, 0.05) is 11.5 Å². The fraction of sp³-hybridized carbons (Fsp3) is 0.500. The molecular formula is C16H24N2O4. The van der Waals surface area contributed by atoms with Crippen LogP contribution in [0.25, 0.3) is 0 Å². The van der Waals surface area contributed by atoms with Gasteiger partial charge in [-0.1, -0.05) is 20.8 Å². The summed E-state index contributed by atoms with van der Waals surface area (Å²) in [6, 6.07) is 3.43. The second-order valence-corrected chi connectivity index (χ2v) is 5.92. The molecule has 0 aliphatic heterocycles. The number of amides is 2. The second kappa shape index (κ2) is 7.15. The molecule has 0 saturated heterocycles. The SMILES string of the molecule is CCOC(=O)Nc1cc(OC)cc(C)c1NC(=O)C(C)(C)C. The van der Waals surface area contributed by atoms with Gasteiger partial charge in [0.05, 0.1) is 25.1 Å². The van der Waals surface area contributed by atoms with Crippen molar-refractivity contribution in [1.82, 2.24) is 0 Å². The summed E-state index contributed by atoms with van der Waals surface area (Å²) in [5.41, 5.74) is 1.21. The highest BCUT2D eigenvalue weighted by molar-refractivity contribution is 6.01. The molecular weight excluding hydrogens is 284 g/mol. The highest BCUT2D eigenvalue weighted by Crippen LogP contribution is 2.32. The van der Waals surface area contributed by atoms with Crippen molar-refractivity contribution in [2.45, 2.75) is 34.6 Å². The molecule has 2 amide bonds. The number of nitrogens with one attached hydrogen (secondary N) is 2. The van der Waals surface area contributed by atoms with Crippen LogP contribution in [0.3, 0.4) is 0 Å². The lowest BCUT2D eigenvalue weighted by atomic mass is 9.95. The van der Waals surface area contributed by atoms with Gasteiger partial charge in [0.15, 0.2) is 0 Å². The predicted molar refractivity (Wildman–Crippen MR) is 86.5 cm³/mol. The highest BCUT2D eigenvalue weighted by Gasteiger charge is 2.23.